The van der Waals surface area contributed by atoms with Crippen molar-refractivity contribution in [3.8, 4) is 17.5 Å². The Hall–Kier alpha value is -3.29. The second-order valence-electron chi connectivity index (χ2n) is 4.84. The second kappa shape index (κ2) is 6.91. The summed E-state index contributed by atoms with van der Waals surface area (Å²) < 4.78 is 73.4. The van der Waals surface area contributed by atoms with Crippen molar-refractivity contribution >= 4 is 11.7 Å². The highest BCUT2D eigenvalue weighted by Crippen LogP contribution is 2.38. The number of rotatable bonds is 4. The molecule has 0 spiro atoms. The third-order valence-corrected chi connectivity index (χ3v) is 3.31. The van der Waals surface area contributed by atoms with Crippen LogP contribution in [0.25, 0.3) is 5.69 Å². The van der Waals surface area contributed by atoms with Gasteiger partial charge in [0.15, 0.2) is 5.69 Å². The van der Waals surface area contributed by atoms with Gasteiger partial charge in [-0.2, -0.15) is 27.2 Å². The van der Waals surface area contributed by atoms with Crippen LogP contribution in [0.15, 0.2) is 24.4 Å². The van der Waals surface area contributed by atoms with Crippen molar-refractivity contribution in [3.63, 3.8) is 0 Å². The Kier molecular flexibility index (Phi) is 5.06. The number of hydrogen-bond acceptors (Lipinski definition) is 5. The molecule has 0 saturated heterocycles. The van der Waals surface area contributed by atoms with Gasteiger partial charge >= 0.3 is 18.8 Å². The van der Waals surface area contributed by atoms with E-state index in [1.165, 1.54) is 0 Å². The minimum absolute atomic E-state index is 0.174. The molecule has 11 heteroatoms. The smallest absolute Gasteiger partial charge is 0.420 e. The molecule has 1 aromatic heterocycles. The lowest BCUT2D eigenvalue weighted by molar-refractivity contribution is -0.141. The van der Waals surface area contributed by atoms with E-state index >= 15 is 0 Å². The Balaban J connectivity index is 2.70. The summed E-state index contributed by atoms with van der Waals surface area (Å²) in [4.78, 5) is 11.9. The Bertz CT molecular complexity index is 884. The molecule has 2 N–H and O–H groups in total. The van der Waals surface area contributed by atoms with E-state index in [0.717, 1.165) is 23.9 Å². The quantitative estimate of drug-likeness (QED) is 0.654. The number of carbonyl (C=O) groups excluding carboxylic acids is 1. The molecule has 0 fully saturated rings. The van der Waals surface area contributed by atoms with Gasteiger partial charge in [-0.3, -0.25) is 0 Å². The first-order valence-corrected chi connectivity index (χ1v) is 6.75. The fraction of sp³-hybridized carbons (Fsp3) is 0.200. The van der Waals surface area contributed by atoms with Gasteiger partial charge in [-0.1, -0.05) is 0 Å². The molecule has 0 bridgehead atoms. The summed E-state index contributed by atoms with van der Waals surface area (Å²) in [5, 5.41) is 9.01. The number of nitrogen functional groups attached to an aromatic ring is 1. The van der Waals surface area contributed by atoms with Gasteiger partial charge in [0.25, 0.3) is 0 Å². The summed E-state index contributed by atoms with van der Waals surface area (Å²) in [6.45, 7) is -3.46. The molecule has 0 amide bonds. The number of aromatic nitrogens is 1. The number of alkyl halides is 5. The predicted octanol–water partition coefficient (Wildman–Crippen LogP) is 3.34. The maximum absolute atomic E-state index is 13.2. The first-order chi connectivity index (χ1) is 12.1. The van der Waals surface area contributed by atoms with Crippen molar-refractivity contribution in [3.05, 3.63) is 41.2 Å². The highest BCUT2D eigenvalue weighted by Gasteiger charge is 2.36. The van der Waals surface area contributed by atoms with Gasteiger partial charge in [-0.15, -0.1) is 0 Å². The van der Waals surface area contributed by atoms with Crippen molar-refractivity contribution < 1.29 is 36.2 Å². The average molecular weight is 375 g/mol. The molecule has 1 aromatic carbocycles. The number of nitrogens with two attached hydrogens (primary N) is 1. The standard InChI is InChI=1S/C15H10F5N3O3/c1-25-13(24)12-11(22)7(5-21)6-23(12)8-2-3-10(26-14(16)17)9(4-8)15(18,19)20/h2-4,6,14H,22H2,1H3. The molecule has 2 aromatic rings. The first kappa shape index (κ1) is 19.0. The van der Waals surface area contributed by atoms with Gasteiger partial charge < -0.3 is 19.8 Å². The van der Waals surface area contributed by atoms with Gasteiger partial charge in [-0.05, 0) is 18.2 Å². The number of carbonyl (C=O) groups is 1. The van der Waals surface area contributed by atoms with Crippen molar-refractivity contribution in [2.45, 2.75) is 12.8 Å². The molecular weight excluding hydrogens is 365 g/mol. The van der Waals surface area contributed by atoms with Crippen LogP contribution in [-0.4, -0.2) is 24.3 Å². The number of anilines is 1. The van der Waals surface area contributed by atoms with E-state index in [2.05, 4.69) is 9.47 Å². The van der Waals surface area contributed by atoms with Crippen molar-refractivity contribution in [1.29, 1.82) is 5.26 Å². The van der Waals surface area contributed by atoms with Crippen LogP contribution in [0.1, 0.15) is 21.6 Å². The molecular formula is C15H10F5N3O3. The maximum Gasteiger partial charge on any atom is 0.420 e. The minimum atomic E-state index is -5.01. The number of nitriles is 1. The molecule has 0 aliphatic rings. The lowest BCUT2D eigenvalue weighted by Gasteiger charge is -2.16. The summed E-state index contributed by atoms with van der Waals surface area (Å²) in [7, 11) is 1.02. The van der Waals surface area contributed by atoms with Crippen LogP contribution in [-0.2, 0) is 10.9 Å². The Labute approximate surface area is 143 Å². The predicted molar refractivity (Wildman–Crippen MR) is 77.9 cm³/mol. The monoisotopic (exact) mass is 375 g/mol. The van der Waals surface area contributed by atoms with Crippen LogP contribution in [0.2, 0.25) is 0 Å². The van der Waals surface area contributed by atoms with Crippen LogP contribution in [0.3, 0.4) is 0 Å². The normalized spacial score (nSPS) is 11.3. The third-order valence-electron chi connectivity index (χ3n) is 3.31. The zero-order valence-corrected chi connectivity index (χ0v) is 13.0. The number of methoxy groups -OCH3 is 1. The first-order valence-electron chi connectivity index (χ1n) is 6.75. The molecule has 0 aliphatic heterocycles. The lowest BCUT2D eigenvalue weighted by atomic mass is 10.1. The summed E-state index contributed by atoms with van der Waals surface area (Å²) in [6, 6.07) is 3.85. The largest absolute Gasteiger partial charge is 0.464 e. The lowest BCUT2D eigenvalue weighted by Crippen LogP contribution is -2.14. The van der Waals surface area contributed by atoms with Crippen molar-refractivity contribution in [2.75, 3.05) is 12.8 Å². The maximum atomic E-state index is 13.2. The molecule has 0 saturated carbocycles. The topological polar surface area (TPSA) is 90.3 Å². The van der Waals surface area contributed by atoms with E-state index in [1.54, 1.807) is 6.07 Å². The fourth-order valence-corrected chi connectivity index (χ4v) is 2.21. The van der Waals surface area contributed by atoms with E-state index in [-0.39, 0.29) is 22.6 Å². The van der Waals surface area contributed by atoms with E-state index in [0.29, 0.717) is 12.1 Å². The molecule has 0 atom stereocenters. The minimum Gasteiger partial charge on any atom is -0.464 e. The second-order valence-corrected chi connectivity index (χ2v) is 4.84. The SMILES string of the molecule is COC(=O)c1c(N)c(C#N)cn1-c1ccc(OC(F)F)c(C(F)(F)F)c1. The van der Waals surface area contributed by atoms with Crippen LogP contribution in [0, 0.1) is 11.3 Å². The zero-order valence-electron chi connectivity index (χ0n) is 13.0. The summed E-state index contributed by atoms with van der Waals surface area (Å²) in [5.74, 6) is -2.08. The highest BCUT2D eigenvalue weighted by atomic mass is 19.4. The Morgan fingerprint density at radius 1 is 1.35 bits per heavy atom. The molecule has 0 aliphatic carbocycles. The number of hydrogen-bond donors (Lipinski definition) is 1. The Morgan fingerprint density at radius 2 is 2.00 bits per heavy atom. The highest BCUT2D eigenvalue weighted by molar-refractivity contribution is 5.96. The van der Waals surface area contributed by atoms with Gasteiger partial charge in [0.2, 0.25) is 0 Å². The average Bonchev–Trinajstić information content (AvgIpc) is 2.89. The molecule has 6 nitrogen and oxygen atoms in total. The van der Waals surface area contributed by atoms with Crippen LogP contribution in [0.4, 0.5) is 27.6 Å². The van der Waals surface area contributed by atoms with Crippen LogP contribution >= 0.6 is 0 Å². The van der Waals surface area contributed by atoms with E-state index in [4.69, 9.17) is 11.0 Å². The molecule has 0 unspecified atom stereocenters. The van der Waals surface area contributed by atoms with Crippen LogP contribution < -0.4 is 10.5 Å². The summed E-state index contributed by atoms with van der Waals surface area (Å²) >= 11 is 0. The number of nitrogens with zero attached hydrogens (tertiary/aromatic N) is 2. The molecule has 2 rings (SSSR count). The number of esters is 1. The summed E-state index contributed by atoms with van der Waals surface area (Å²) in [6.07, 6.45) is -3.98. The number of benzene rings is 1. The van der Waals surface area contributed by atoms with E-state index < -0.39 is 30.1 Å². The number of halogens is 5. The Morgan fingerprint density at radius 3 is 2.50 bits per heavy atom. The zero-order chi connectivity index (χ0) is 19.6. The number of ether oxygens (including phenoxy) is 2. The van der Waals surface area contributed by atoms with Gasteiger partial charge in [0, 0.05) is 11.9 Å². The van der Waals surface area contributed by atoms with E-state index in [1.807, 2.05) is 0 Å². The molecule has 138 valence electrons. The fourth-order valence-electron chi connectivity index (χ4n) is 2.21. The molecule has 0 radical (unpaired) electrons. The van der Waals surface area contributed by atoms with Crippen LogP contribution in [0.5, 0.6) is 5.75 Å². The van der Waals surface area contributed by atoms with E-state index in [9.17, 15) is 26.7 Å². The van der Waals surface area contributed by atoms with Gasteiger partial charge in [0.1, 0.15) is 11.8 Å². The molecule has 26 heavy (non-hydrogen) atoms. The molecule has 1 heterocycles. The summed E-state index contributed by atoms with van der Waals surface area (Å²) in [5.41, 5.74) is 3.07. The third kappa shape index (κ3) is 3.53. The van der Waals surface area contributed by atoms with Crippen molar-refractivity contribution in [2.24, 2.45) is 0 Å². The van der Waals surface area contributed by atoms with Crippen molar-refractivity contribution in [1.82, 2.24) is 4.57 Å². The van der Waals surface area contributed by atoms with Gasteiger partial charge in [-0.25, -0.2) is 4.79 Å². The van der Waals surface area contributed by atoms with Gasteiger partial charge in [0.05, 0.1) is 23.9 Å².